The number of carbonyl (C=O) groups excluding carboxylic acids is 1. The van der Waals surface area contributed by atoms with Crippen molar-refractivity contribution in [3.05, 3.63) is 53.6 Å². The molecule has 4 heteroatoms. The van der Waals surface area contributed by atoms with Gasteiger partial charge in [0.1, 0.15) is 13.2 Å². The third-order valence-electron chi connectivity index (χ3n) is 3.53. The van der Waals surface area contributed by atoms with Gasteiger partial charge < -0.3 is 9.47 Å². The Morgan fingerprint density at radius 3 is 2.45 bits per heavy atom. The van der Waals surface area contributed by atoms with E-state index in [1.54, 1.807) is 0 Å². The van der Waals surface area contributed by atoms with E-state index >= 15 is 0 Å². The molecule has 0 radical (unpaired) electrons. The predicted octanol–water partition coefficient (Wildman–Crippen LogP) is 4.13. The van der Waals surface area contributed by atoms with Gasteiger partial charge in [0.15, 0.2) is 17.3 Å². The maximum atomic E-state index is 12.5. The first-order valence-corrected chi connectivity index (χ1v) is 8.18. The lowest BCUT2D eigenvalue weighted by Gasteiger charge is -2.19. The highest BCUT2D eigenvalue weighted by atomic mass is 32.2. The average molecular weight is 314 g/mol. The van der Waals surface area contributed by atoms with Crippen LogP contribution in [0.4, 0.5) is 0 Å². The van der Waals surface area contributed by atoms with Crippen molar-refractivity contribution in [3.63, 3.8) is 0 Å². The standard InChI is InChI=1S/C18H18O3S/c1-12-3-5-14(6-4-12)18(19)13(2)22-15-7-8-16-17(11-15)21-10-9-20-16/h3-8,11,13H,9-10H2,1-2H3/t13-/m1/s1. The maximum absolute atomic E-state index is 12.5. The quantitative estimate of drug-likeness (QED) is 0.628. The Morgan fingerprint density at radius 2 is 1.73 bits per heavy atom. The summed E-state index contributed by atoms with van der Waals surface area (Å²) in [4.78, 5) is 13.5. The number of carbonyl (C=O) groups is 1. The number of aryl methyl sites for hydroxylation is 1. The SMILES string of the molecule is Cc1ccc(C(=O)[C@@H](C)Sc2ccc3c(c2)OCCO3)cc1. The topological polar surface area (TPSA) is 35.5 Å². The van der Waals surface area contributed by atoms with Crippen LogP contribution in [0.1, 0.15) is 22.8 Å². The van der Waals surface area contributed by atoms with Crippen LogP contribution in [0.5, 0.6) is 11.5 Å². The Hall–Kier alpha value is -1.94. The van der Waals surface area contributed by atoms with Gasteiger partial charge in [0.25, 0.3) is 0 Å². The minimum atomic E-state index is -0.148. The van der Waals surface area contributed by atoms with Gasteiger partial charge in [-0.25, -0.2) is 0 Å². The Morgan fingerprint density at radius 1 is 1.05 bits per heavy atom. The Balaban J connectivity index is 1.72. The molecule has 3 rings (SSSR count). The second-order valence-electron chi connectivity index (χ2n) is 5.30. The number of hydrogen-bond donors (Lipinski definition) is 0. The van der Waals surface area contributed by atoms with Crippen molar-refractivity contribution >= 4 is 17.5 Å². The first-order valence-electron chi connectivity index (χ1n) is 7.30. The molecule has 1 aliphatic rings. The molecular formula is C18H18O3S. The molecule has 0 aliphatic carbocycles. The molecule has 0 saturated carbocycles. The molecule has 3 nitrogen and oxygen atoms in total. The number of fused-ring (bicyclic) bond motifs is 1. The first kappa shape index (κ1) is 15.0. The van der Waals surface area contributed by atoms with Crippen molar-refractivity contribution in [2.45, 2.75) is 24.0 Å². The zero-order valence-electron chi connectivity index (χ0n) is 12.7. The van der Waals surface area contributed by atoms with Gasteiger partial charge in [-0.05, 0) is 32.0 Å². The smallest absolute Gasteiger partial charge is 0.175 e. The number of rotatable bonds is 4. The maximum Gasteiger partial charge on any atom is 0.175 e. The lowest BCUT2D eigenvalue weighted by Crippen LogP contribution is -2.15. The number of ether oxygens (including phenoxy) is 2. The van der Waals surface area contributed by atoms with E-state index in [9.17, 15) is 4.79 Å². The summed E-state index contributed by atoms with van der Waals surface area (Å²) in [5.41, 5.74) is 1.91. The zero-order valence-corrected chi connectivity index (χ0v) is 13.5. The number of Topliss-reactive ketones (excluding diaryl/α,β-unsaturated/α-hetero) is 1. The Labute approximate surface area is 134 Å². The van der Waals surface area contributed by atoms with Gasteiger partial charge in [-0.1, -0.05) is 29.8 Å². The predicted molar refractivity (Wildman–Crippen MR) is 88.3 cm³/mol. The summed E-state index contributed by atoms with van der Waals surface area (Å²) < 4.78 is 11.1. The van der Waals surface area contributed by atoms with Crippen molar-refractivity contribution in [2.24, 2.45) is 0 Å². The highest BCUT2D eigenvalue weighted by Gasteiger charge is 2.18. The van der Waals surface area contributed by atoms with Crippen molar-refractivity contribution in [1.82, 2.24) is 0 Å². The largest absolute Gasteiger partial charge is 0.486 e. The number of benzene rings is 2. The summed E-state index contributed by atoms with van der Waals surface area (Å²) in [6.45, 7) is 5.10. The zero-order chi connectivity index (χ0) is 15.5. The lowest BCUT2D eigenvalue weighted by atomic mass is 10.1. The third kappa shape index (κ3) is 3.28. The molecule has 2 aromatic rings. The monoisotopic (exact) mass is 314 g/mol. The molecule has 22 heavy (non-hydrogen) atoms. The van der Waals surface area contributed by atoms with E-state index in [0.717, 1.165) is 27.5 Å². The molecule has 2 aromatic carbocycles. The summed E-state index contributed by atoms with van der Waals surface area (Å²) in [5, 5.41) is -0.148. The van der Waals surface area contributed by atoms with Crippen molar-refractivity contribution < 1.29 is 14.3 Å². The van der Waals surface area contributed by atoms with Crippen LogP contribution in [0.3, 0.4) is 0 Å². The van der Waals surface area contributed by atoms with Crippen LogP contribution < -0.4 is 9.47 Å². The molecule has 0 unspecified atom stereocenters. The molecular weight excluding hydrogens is 296 g/mol. The van der Waals surface area contributed by atoms with Gasteiger partial charge in [-0.3, -0.25) is 4.79 Å². The number of thioether (sulfide) groups is 1. The van der Waals surface area contributed by atoms with Crippen LogP contribution in [-0.2, 0) is 0 Å². The molecule has 0 aromatic heterocycles. The van der Waals surface area contributed by atoms with E-state index in [2.05, 4.69) is 0 Å². The van der Waals surface area contributed by atoms with Crippen LogP contribution in [0.2, 0.25) is 0 Å². The fourth-order valence-electron chi connectivity index (χ4n) is 2.31. The summed E-state index contributed by atoms with van der Waals surface area (Å²) in [5.74, 6) is 1.67. The van der Waals surface area contributed by atoms with E-state index in [4.69, 9.17) is 9.47 Å². The van der Waals surface area contributed by atoms with Crippen LogP contribution in [0, 0.1) is 6.92 Å². The van der Waals surface area contributed by atoms with E-state index in [-0.39, 0.29) is 11.0 Å². The van der Waals surface area contributed by atoms with E-state index in [0.29, 0.717) is 13.2 Å². The van der Waals surface area contributed by atoms with Gasteiger partial charge in [0.05, 0.1) is 5.25 Å². The molecule has 0 fully saturated rings. The van der Waals surface area contributed by atoms with Gasteiger partial charge in [0.2, 0.25) is 0 Å². The second kappa shape index (κ2) is 6.44. The third-order valence-corrected chi connectivity index (χ3v) is 4.63. The second-order valence-corrected chi connectivity index (χ2v) is 6.71. The molecule has 0 spiro atoms. The van der Waals surface area contributed by atoms with E-state index < -0.39 is 0 Å². The normalized spacial score (nSPS) is 14.5. The Kier molecular flexibility index (Phi) is 4.39. The molecule has 1 aliphatic heterocycles. The minimum absolute atomic E-state index is 0.139. The van der Waals surface area contributed by atoms with Crippen molar-refractivity contribution in [2.75, 3.05) is 13.2 Å². The highest BCUT2D eigenvalue weighted by molar-refractivity contribution is 8.00. The van der Waals surface area contributed by atoms with Gasteiger partial charge in [-0.15, -0.1) is 11.8 Å². The van der Waals surface area contributed by atoms with Crippen LogP contribution >= 0.6 is 11.8 Å². The van der Waals surface area contributed by atoms with Crippen LogP contribution in [0.25, 0.3) is 0 Å². The van der Waals surface area contributed by atoms with Crippen LogP contribution in [0.15, 0.2) is 47.4 Å². The lowest BCUT2D eigenvalue weighted by molar-refractivity contribution is 0.0994. The molecule has 0 amide bonds. The molecule has 1 heterocycles. The minimum Gasteiger partial charge on any atom is -0.486 e. The molecule has 1 atom stereocenters. The summed E-state index contributed by atoms with van der Waals surface area (Å²) in [7, 11) is 0. The molecule has 114 valence electrons. The van der Waals surface area contributed by atoms with Crippen LogP contribution in [-0.4, -0.2) is 24.2 Å². The Bertz CT molecular complexity index is 679. The first-order chi connectivity index (χ1) is 10.6. The fraction of sp³-hybridized carbons (Fsp3) is 0.278. The van der Waals surface area contributed by atoms with Crippen molar-refractivity contribution in [3.8, 4) is 11.5 Å². The van der Waals surface area contributed by atoms with E-state index in [1.807, 2.05) is 56.3 Å². The number of ketones is 1. The van der Waals surface area contributed by atoms with Gasteiger partial charge in [-0.2, -0.15) is 0 Å². The fourth-order valence-corrected chi connectivity index (χ4v) is 3.28. The molecule has 0 N–H and O–H groups in total. The molecule has 0 saturated heterocycles. The average Bonchev–Trinajstić information content (AvgIpc) is 2.55. The number of hydrogen-bond acceptors (Lipinski definition) is 4. The highest BCUT2D eigenvalue weighted by Crippen LogP contribution is 2.36. The van der Waals surface area contributed by atoms with Gasteiger partial charge >= 0.3 is 0 Å². The van der Waals surface area contributed by atoms with Crippen molar-refractivity contribution in [1.29, 1.82) is 0 Å². The summed E-state index contributed by atoms with van der Waals surface area (Å²) in [6, 6.07) is 13.5. The molecule has 0 bridgehead atoms. The summed E-state index contributed by atoms with van der Waals surface area (Å²) >= 11 is 1.54. The van der Waals surface area contributed by atoms with E-state index in [1.165, 1.54) is 11.8 Å². The summed E-state index contributed by atoms with van der Waals surface area (Å²) in [6.07, 6.45) is 0. The van der Waals surface area contributed by atoms with Gasteiger partial charge in [0, 0.05) is 10.5 Å².